The van der Waals surface area contributed by atoms with Gasteiger partial charge in [0.1, 0.15) is 0 Å². The average Bonchev–Trinajstić information content (AvgIpc) is 2.41. The number of hydrogen-bond donors (Lipinski definition) is 1. The van der Waals surface area contributed by atoms with Crippen molar-refractivity contribution in [3.63, 3.8) is 0 Å². The molecule has 0 saturated carbocycles. The fraction of sp³-hybridized carbons (Fsp3) is 0.471. The SMILES string of the molecule is CCCCCNC(=O)C1=Cc2ccccc2SC1(C)C. The molecule has 0 saturated heterocycles. The first kappa shape index (κ1) is 15.2. The number of nitrogens with one attached hydrogen (secondary N) is 1. The van der Waals surface area contributed by atoms with E-state index in [0.717, 1.165) is 24.1 Å². The number of benzene rings is 1. The average molecular weight is 289 g/mol. The molecule has 20 heavy (non-hydrogen) atoms. The molecule has 0 aliphatic carbocycles. The lowest BCUT2D eigenvalue weighted by Gasteiger charge is -2.31. The van der Waals surface area contributed by atoms with Gasteiger partial charge in [-0.15, -0.1) is 11.8 Å². The van der Waals surface area contributed by atoms with Gasteiger partial charge in [0, 0.05) is 21.8 Å². The molecule has 1 aromatic rings. The highest BCUT2D eigenvalue weighted by Gasteiger charge is 2.33. The molecule has 1 heterocycles. The fourth-order valence-electron chi connectivity index (χ4n) is 2.36. The predicted molar refractivity (Wildman–Crippen MR) is 86.9 cm³/mol. The first-order valence-electron chi connectivity index (χ1n) is 7.33. The number of amides is 1. The molecule has 1 aliphatic rings. The Morgan fingerprint density at radius 1 is 1.25 bits per heavy atom. The molecule has 0 unspecified atom stereocenters. The lowest BCUT2D eigenvalue weighted by molar-refractivity contribution is -0.117. The molecule has 1 aliphatic heterocycles. The van der Waals surface area contributed by atoms with Gasteiger partial charge < -0.3 is 5.32 Å². The summed E-state index contributed by atoms with van der Waals surface area (Å²) in [7, 11) is 0. The largest absolute Gasteiger partial charge is 0.352 e. The minimum absolute atomic E-state index is 0.0770. The zero-order valence-electron chi connectivity index (χ0n) is 12.5. The van der Waals surface area contributed by atoms with Crippen LogP contribution >= 0.6 is 11.8 Å². The van der Waals surface area contributed by atoms with E-state index in [1.54, 1.807) is 11.8 Å². The van der Waals surface area contributed by atoms with Gasteiger partial charge in [0.05, 0.1) is 0 Å². The minimum atomic E-state index is -0.177. The van der Waals surface area contributed by atoms with E-state index in [1.165, 1.54) is 17.7 Å². The first-order valence-corrected chi connectivity index (χ1v) is 8.14. The number of hydrogen-bond acceptors (Lipinski definition) is 2. The van der Waals surface area contributed by atoms with Crippen LogP contribution in [0.3, 0.4) is 0 Å². The molecular formula is C17H23NOS. The monoisotopic (exact) mass is 289 g/mol. The van der Waals surface area contributed by atoms with Crippen LogP contribution in [-0.4, -0.2) is 17.2 Å². The quantitative estimate of drug-likeness (QED) is 0.821. The maximum Gasteiger partial charge on any atom is 0.248 e. The van der Waals surface area contributed by atoms with E-state index in [1.807, 2.05) is 18.2 Å². The van der Waals surface area contributed by atoms with Crippen molar-refractivity contribution in [2.24, 2.45) is 0 Å². The highest BCUT2D eigenvalue weighted by atomic mass is 32.2. The third kappa shape index (κ3) is 3.45. The summed E-state index contributed by atoms with van der Waals surface area (Å²) in [6.07, 6.45) is 5.44. The van der Waals surface area contributed by atoms with Gasteiger partial charge in [0.25, 0.3) is 0 Å². The highest BCUT2D eigenvalue weighted by molar-refractivity contribution is 8.01. The Hall–Kier alpha value is -1.22. The molecule has 2 nitrogen and oxygen atoms in total. The van der Waals surface area contributed by atoms with E-state index in [0.29, 0.717) is 0 Å². The van der Waals surface area contributed by atoms with E-state index in [-0.39, 0.29) is 10.7 Å². The number of unbranched alkanes of at least 4 members (excludes halogenated alkanes) is 2. The highest BCUT2D eigenvalue weighted by Crippen LogP contribution is 2.44. The second-order valence-electron chi connectivity index (χ2n) is 5.67. The van der Waals surface area contributed by atoms with Crippen molar-refractivity contribution in [1.29, 1.82) is 0 Å². The Balaban J connectivity index is 2.13. The van der Waals surface area contributed by atoms with Gasteiger partial charge in [0.15, 0.2) is 0 Å². The van der Waals surface area contributed by atoms with Gasteiger partial charge in [0.2, 0.25) is 5.91 Å². The molecule has 1 amide bonds. The number of carbonyl (C=O) groups is 1. The van der Waals surface area contributed by atoms with Crippen LogP contribution in [0.4, 0.5) is 0 Å². The molecule has 108 valence electrons. The summed E-state index contributed by atoms with van der Waals surface area (Å²) in [4.78, 5) is 13.6. The Morgan fingerprint density at radius 2 is 2.00 bits per heavy atom. The Kier molecular flexibility index (Phi) is 4.92. The lowest BCUT2D eigenvalue weighted by atomic mass is 9.97. The van der Waals surface area contributed by atoms with E-state index < -0.39 is 0 Å². The number of rotatable bonds is 5. The number of carbonyl (C=O) groups excluding carboxylic acids is 1. The van der Waals surface area contributed by atoms with Crippen LogP contribution in [0.1, 0.15) is 45.6 Å². The molecular weight excluding hydrogens is 266 g/mol. The smallest absolute Gasteiger partial charge is 0.248 e. The summed E-state index contributed by atoms with van der Waals surface area (Å²) in [6, 6.07) is 8.26. The van der Waals surface area contributed by atoms with Crippen molar-refractivity contribution in [3.05, 3.63) is 35.4 Å². The molecule has 0 radical (unpaired) electrons. The molecule has 3 heteroatoms. The molecule has 0 spiro atoms. The van der Waals surface area contributed by atoms with E-state index in [9.17, 15) is 4.79 Å². The van der Waals surface area contributed by atoms with Crippen molar-refractivity contribution in [2.75, 3.05) is 6.54 Å². The zero-order chi connectivity index (χ0) is 14.6. The maximum absolute atomic E-state index is 12.4. The van der Waals surface area contributed by atoms with Crippen LogP contribution < -0.4 is 5.32 Å². The van der Waals surface area contributed by atoms with Gasteiger partial charge >= 0.3 is 0 Å². The van der Waals surface area contributed by atoms with Crippen molar-refractivity contribution >= 4 is 23.7 Å². The Morgan fingerprint density at radius 3 is 2.75 bits per heavy atom. The normalized spacial score (nSPS) is 16.2. The summed E-state index contributed by atoms with van der Waals surface area (Å²) in [6.45, 7) is 7.17. The van der Waals surface area contributed by atoms with Gasteiger partial charge in [-0.25, -0.2) is 0 Å². The third-order valence-electron chi connectivity index (χ3n) is 3.54. The second-order valence-corrected chi connectivity index (χ2v) is 7.34. The Bertz CT molecular complexity index is 519. The van der Waals surface area contributed by atoms with E-state index >= 15 is 0 Å². The minimum Gasteiger partial charge on any atom is -0.352 e. The van der Waals surface area contributed by atoms with Gasteiger partial charge in [-0.1, -0.05) is 38.0 Å². The lowest BCUT2D eigenvalue weighted by Crippen LogP contribution is -2.35. The summed E-state index contributed by atoms with van der Waals surface area (Å²) in [5.41, 5.74) is 2.02. The van der Waals surface area contributed by atoms with Crippen molar-refractivity contribution in [3.8, 4) is 0 Å². The number of fused-ring (bicyclic) bond motifs is 1. The molecule has 0 aromatic heterocycles. The summed E-state index contributed by atoms with van der Waals surface area (Å²) in [5, 5.41) is 3.05. The predicted octanol–water partition coefficient (Wildman–Crippen LogP) is 4.26. The zero-order valence-corrected chi connectivity index (χ0v) is 13.3. The van der Waals surface area contributed by atoms with E-state index in [4.69, 9.17) is 0 Å². The molecule has 2 rings (SSSR count). The maximum atomic E-state index is 12.4. The van der Waals surface area contributed by atoms with E-state index in [2.05, 4.69) is 38.2 Å². The van der Waals surface area contributed by atoms with Crippen molar-refractivity contribution in [2.45, 2.75) is 49.7 Å². The van der Waals surface area contributed by atoms with Crippen molar-refractivity contribution < 1.29 is 4.79 Å². The molecule has 0 fully saturated rings. The topological polar surface area (TPSA) is 29.1 Å². The van der Waals surface area contributed by atoms with Crippen LogP contribution in [0.15, 0.2) is 34.7 Å². The van der Waals surface area contributed by atoms with Crippen LogP contribution in [0.5, 0.6) is 0 Å². The summed E-state index contributed by atoms with van der Waals surface area (Å²) in [5.74, 6) is 0.0770. The third-order valence-corrected chi connectivity index (χ3v) is 4.87. The number of thioether (sulfide) groups is 1. The van der Waals surface area contributed by atoms with Crippen LogP contribution in [-0.2, 0) is 4.79 Å². The Labute approximate surface area is 126 Å². The molecule has 0 bridgehead atoms. The van der Waals surface area contributed by atoms with Crippen LogP contribution in [0, 0.1) is 0 Å². The molecule has 0 atom stereocenters. The van der Waals surface area contributed by atoms with Gasteiger partial charge in [-0.3, -0.25) is 4.79 Å². The van der Waals surface area contributed by atoms with Crippen LogP contribution in [0.25, 0.3) is 6.08 Å². The molecule has 1 aromatic carbocycles. The van der Waals surface area contributed by atoms with Crippen LogP contribution in [0.2, 0.25) is 0 Å². The second kappa shape index (κ2) is 6.49. The first-order chi connectivity index (χ1) is 9.54. The fourth-order valence-corrected chi connectivity index (χ4v) is 3.57. The van der Waals surface area contributed by atoms with Crippen molar-refractivity contribution in [1.82, 2.24) is 5.32 Å². The standard InChI is InChI=1S/C17H23NOS/c1-4-5-8-11-18-16(19)14-12-13-9-6-7-10-15(13)20-17(14,2)3/h6-7,9-10,12H,4-5,8,11H2,1-3H3,(H,18,19). The summed E-state index contributed by atoms with van der Waals surface area (Å²) < 4.78 is -0.177. The van der Waals surface area contributed by atoms with Gasteiger partial charge in [-0.2, -0.15) is 0 Å². The summed E-state index contributed by atoms with van der Waals surface area (Å²) >= 11 is 1.77. The molecule has 1 N–H and O–H groups in total. The van der Waals surface area contributed by atoms with Gasteiger partial charge in [-0.05, 0) is 38.0 Å².